The molecule has 1 spiro atoms. The van der Waals surface area contributed by atoms with Gasteiger partial charge in [-0.15, -0.1) is 0 Å². The fourth-order valence-corrected chi connectivity index (χ4v) is 3.71. The minimum Gasteiger partial charge on any atom is -0.316 e. The van der Waals surface area contributed by atoms with Gasteiger partial charge in [-0.1, -0.05) is 18.2 Å². The molecule has 2 aliphatic heterocycles. The molecular formula is C15H20N4. The summed E-state index contributed by atoms with van der Waals surface area (Å²) in [5, 5.41) is 12.0. The number of nitrogens with one attached hydrogen (secondary N) is 2. The van der Waals surface area contributed by atoms with E-state index in [0.29, 0.717) is 5.41 Å². The van der Waals surface area contributed by atoms with Crippen molar-refractivity contribution in [3.8, 4) is 0 Å². The summed E-state index contributed by atoms with van der Waals surface area (Å²) in [6.07, 6.45) is 4.60. The van der Waals surface area contributed by atoms with Gasteiger partial charge in [-0.3, -0.25) is 10.00 Å². The predicted molar refractivity (Wildman–Crippen MR) is 75.9 cm³/mol. The number of para-hydroxylation sites is 1. The first-order valence-corrected chi connectivity index (χ1v) is 7.19. The minimum atomic E-state index is 0.557. The molecule has 2 N–H and O–H groups in total. The molecule has 0 saturated carbocycles. The van der Waals surface area contributed by atoms with Crippen molar-refractivity contribution in [2.45, 2.75) is 19.4 Å². The molecule has 2 saturated heterocycles. The van der Waals surface area contributed by atoms with Crippen LogP contribution in [0.3, 0.4) is 0 Å². The Bertz CT molecular complexity index is 583. The number of benzene rings is 1. The lowest BCUT2D eigenvalue weighted by molar-refractivity contribution is 0.269. The standard InChI is InChI=1S/C15H20N4/c1-2-12-8-17-18-14(12)13(3-1)9-19-7-5-15(11-19)4-6-16-10-15/h1-3,8,16H,4-7,9-11H2,(H,17,18). The minimum absolute atomic E-state index is 0.557. The van der Waals surface area contributed by atoms with Crippen molar-refractivity contribution in [1.82, 2.24) is 20.4 Å². The lowest BCUT2D eigenvalue weighted by Crippen LogP contribution is -2.29. The SMILES string of the molecule is c1cc(CN2CCC3(CCNC3)C2)c2[nH]ncc2c1. The van der Waals surface area contributed by atoms with Crippen molar-refractivity contribution in [3.63, 3.8) is 0 Å². The van der Waals surface area contributed by atoms with Crippen LogP contribution in [0, 0.1) is 5.41 Å². The van der Waals surface area contributed by atoms with E-state index in [2.05, 4.69) is 38.6 Å². The van der Waals surface area contributed by atoms with Crippen LogP contribution >= 0.6 is 0 Å². The van der Waals surface area contributed by atoms with Gasteiger partial charge in [0.15, 0.2) is 0 Å². The molecule has 4 nitrogen and oxygen atoms in total. The van der Waals surface area contributed by atoms with Gasteiger partial charge in [-0.05, 0) is 36.9 Å². The Morgan fingerprint density at radius 3 is 3.21 bits per heavy atom. The zero-order chi connectivity index (χ0) is 12.7. The van der Waals surface area contributed by atoms with E-state index in [4.69, 9.17) is 0 Å². The normalized spacial score (nSPS) is 27.8. The maximum Gasteiger partial charge on any atom is 0.0695 e. The maximum absolute atomic E-state index is 4.15. The number of hydrogen-bond acceptors (Lipinski definition) is 3. The summed E-state index contributed by atoms with van der Waals surface area (Å²) in [6, 6.07) is 6.48. The Labute approximate surface area is 113 Å². The number of H-pyrrole nitrogens is 1. The lowest BCUT2D eigenvalue weighted by Gasteiger charge is -2.23. The summed E-state index contributed by atoms with van der Waals surface area (Å²) in [6.45, 7) is 5.92. The Morgan fingerprint density at radius 1 is 1.32 bits per heavy atom. The molecule has 4 rings (SSSR count). The molecule has 0 radical (unpaired) electrons. The summed E-state index contributed by atoms with van der Waals surface area (Å²) >= 11 is 0. The average molecular weight is 256 g/mol. The summed E-state index contributed by atoms with van der Waals surface area (Å²) in [5.74, 6) is 0. The van der Waals surface area contributed by atoms with Crippen LogP contribution < -0.4 is 5.32 Å². The second kappa shape index (κ2) is 4.32. The highest BCUT2D eigenvalue weighted by atomic mass is 15.2. The number of fused-ring (bicyclic) bond motifs is 1. The van der Waals surface area contributed by atoms with Crippen molar-refractivity contribution in [1.29, 1.82) is 0 Å². The molecule has 4 heteroatoms. The number of hydrogen-bond donors (Lipinski definition) is 2. The quantitative estimate of drug-likeness (QED) is 0.860. The van der Waals surface area contributed by atoms with E-state index in [0.717, 1.165) is 6.54 Å². The molecule has 1 unspecified atom stereocenters. The Kier molecular flexibility index (Phi) is 2.60. The molecule has 1 atom stereocenters. The topological polar surface area (TPSA) is 44.0 Å². The van der Waals surface area contributed by atoms with E-state index >= 15 is 0 Å². The van der Waals surface area contributed by atoms with Crippen LogP contribution in [-0.2, 0) is 6.54 Å². The number of rotatable bonds is 2. The van der Waals surface area contributed by atoms with E-state index in [9.17, 15) is 0 Å². The summed E-state index contributed by atoms with van der Waals surface area (Å²) in [5.41, 5.74) is 3.13. The molecule has 3 heterocycles. The fraction of sp³-hybridized carbons (Fsp3) is 0.533. The van der Waals surface area contributed by atoms with Crippen molar-refractivity contribution >= 4 is 10.9 Å². The van der Waals surface area contributed by atoms with Gasteiger partial charge < -0.3 is 5.32 Å². The van der Waals surface area contributed by atoms with E-state index in [1.165, 1.54) is 55.5 Å². The van der Waals surface area contributed by atoms with E-state index in [1.807, 2.05) is 6.20 Å². The smallest absolute Gasteiger partial charge is 0.0695 e. The van der Waals surface area contributed by atoms with Gasteiger partial charge in [0.1, 0.15) is 0 Å². The van der Waals surface area contributed by atoms with Crippen molar-refractivity contribution < 1.29 is 0 Å². The molecular weight excluding hydrogens is 236 g/mol. The highest BCUT2D eigenvalue weighted by molar-refractivity contribution is 5.81. The highest BCUT2D eigenvalue weighted by Gasteiger charge is 2.40. The van der Waals surface area contributed by atoms with Gasteiger partial charge in [0, 0.05) is 25.0 Å². The predicted octanol–water partition coefficient (Wildman–Crippen LogP) is 1.75. The molecule has 1 aromatic heterocycles. The fourth-order valence-electron chi connectivity index (χ4n) is 3.71. The Morgan fingerprint density at radius 2 is 2.32 bits per heavy atom. The number of likely N-dealkylation sites (tertiary alicyclic amines) is 1. The molecule has 100 valence electrons. The zero-order valence-electron chi connectivity index (χ0n) is 11.2. The third-order valence-corrected chi connectivity index (χ3v) is 4.81. The lowest BCUT2D eigenvalue weighted by atomic mass is 9.86. The van der Waals surface area contributed by atoms with Crippen LogP contribution in [-0.4, -0.2) is 41.3 Å². The van der Waals surface area contributed by atoms with Gasteiger partial charge in [-0.2, -0.15) is 5.10 Å². The zero-order valence-corrected chi connectivity index (χ0v) is 11.2. The van der Waals surface area contributed by atoms with Crippen LogP contribution in [0.4, 0.5) is 0 Å². The number of aromatic amines is 1. The largest absolute Gasteiger partial charge is 0.316 e. The van der Waals surface area contributed by atoms with Crippen LogP contribution in [0.2, 0.25) is 0 Å². The molecule has 2 aromatic rings. The van der Waals surface area contributed by atoms with Crippen molar-refractivity contribution in [2.75, 3.05) is 26.2 Å². The molecule has 0 bridgehead atoms. The average Bonchev–Trinajstić information content (AvgIpc) is 3.13. The first kappa shape index (κ1) is 11.4. The second-order valence-electron chi connectivity index (χ2n) is 6.14. The van der Waals surface area contributed by atoms with E-state index in [-0.39, 0.29) is 0 Å². The monoisotopic (exact) mass is 256 g/mol. The van der Waals surface area contributed by atoms with E-state index < -0.39 is 0 Å². The van der Waals surface area contributed by atoms with Crippen LogP contribution in [0.1, 0.15) is 18.4 Å². The highest BCUT2D eigenvalue weighted by Crippen LogP contribution is 2.36. The van der Waals surface area contributed by atoms with Gasteiger partial charge in [0.2, 0.25) is 0 Å². The third kappa shape index (κ3) is 1.95. The molecule has 0 aliphatic carbocycles. The van der Waals surface area contributed by atoms with Crippen LogP contribution in [0.5, 0.6) is 0 Å². The molecule has 1 aromatic carbocycles. The van der Waals surface area contributed by atoms with Crippen LogP contribution in [0.15, 0.2) is 24.4 Å². The number of nitrogens with zero attached hydrogens (tertiary/aromatic N) is 2. The Hall–Kier alpha value is -1.39. The van der Waals surface area contributed by atoms with E-state index in [1.54, 1.807) is 0 Å². The van der Waals surface area contributed by atoms with Gasteiger partial charge >= 0.3 is 0 Å². The molecule has 2 fully saturated rings. The van der Waals surface area contributed by atoms with Crippen molar-refractivity contribution in [3.05, 3.63) is 30.0 Å². The van der Waals surface area contributed by atoms with Crippen LogP contribution in [0.25, 0.3) is 10.9 Å². The Balaban J connectivity index is 1.54. The van der Waals surface area contributed by atoms with Gasteiger partial charge in [0.25, 0.3) is 0 Å². The summed E-state index contributed by atoms with van der Waals surface area (Å²) < 4.78 is 0. The van der Waals surface area contributed by atoms with Crippen molar-refractivity contribution in [2.24, 2.45) is 5.41 Å². The molecule has 19 heavy (non-hydrogen) atoms. The van der Waals surface area contributed by atoms with Gasteiger partial charge in [-0.25, -0.2) is 0 Å². The third-order valence-electron chi connectivity index (χ3n) is 4.81. The maximum atomic E-state index is 4.15. The molecule has 0 amide bonds. The molecule has 2 aliphatic rings. The first-order valence-electron chi connectivity index (χ1n) is 7.19. The van der Waals surface area contributed by atoms with Gasteiger partial charge in [0.05, 0.1) is 11.7 Å². The summed E-state index contributed by atoms with van der Waals surface area (Å²) in [4.78, 5) is 2.60. The summed E-state index contributed by atoms with van der Waals surface area (Å²) in [7, 11) is 0. The first-order chi connectivity index (χ1) is 9.35. The second-order valence-corrected chi connectivity index (χ2v) is 6.14. The number of aromatic nitrogens is 2.